The lowest BCUT2D eigenvalue weighted by Crippen LogP contribution is -2.51. The van der Waals surface area contributed by atoms with Crippen LogP contribution in [-0.2, 0) is 19.3 Å². The van der Waals surface area contributed by atoms with E-state index in [-0.39, 0.29) is 23.0 Å². The van der Waals surface area contributed by atoms with Gasteiger partial charge in [-0.05, 0) is 38.0 Å². The Hall–Kier alpha value is -0.170. The van der Waals surface area contributed by atoms with Crippen molar-refractivity contribution < 1.29 is 23.0 Å². The van der Waals surface area contributed by atoms with Gasteiger partial charge in [0.05, 0.1) is 22.7 Å². The second-order valence-electron chi connectivity index (χ2n) is 6.28. The predicted octanol–water partition coefficient (Wildman–Crippen LogP) is 0.512. The van der Waals surface area contributed by atoms with Crippen LogP contribution in [0.25, 0.3) is 0 Å². The maximum atomic E-state index is 11.6. The normalized spacial score (nSPS) is 41.4. The van der Waals surface area contributed by atoms with E-state index in [0.29, 0.717) is 26.2 Å². The third-order valence-electron chi connectivity index (χ3n) is 4.97. The molecule has 3 fully saturated rings. The molecular formula is C13H22O5S. The predicted molar refractivity (Wildman–Crippen MR) is 69.7 cm³/mol. The van der Waals surface area contributed by atoms with Crippen LogP contribution in [0.3, 0.4) is 0 Å². The third kappa shape index (κ3) is 2.68. The molecule has 0 radical (unpaired) electrons. The fourth-order valence-electron chi connectivity index (χ4n) is 3.76. The first kappa shape index (κ1) is 13.8. The maximum Gasteiger partial charge on any atom is 0.153 e. The van der Waals surface area contributed by atoms with Crippen LogP contribution in [0.2, 0.25) is 0 Å². The first-order valence-electron chi connectivity index (χ1n) is 7.08. The Kier molecular flexibility index (Phi) is 3.40. The second kappa shape index (κ2) is 4.69. The number of ether oxygens (including phenoxy) is 2. The van der Waals surface area contributed by atoms with Crippen molar-refractivity contribution in [2.45, 2.75) is 43.3 Å². The summed E-state index contributed by atoms with van der Waals surface area (Å²) in [6.07, 6.45) is 3.61. The summed E-state index contributed by atoms with van der Waals surface area (Å²) in [7, 11) is -3.06. The molecule has 3 saturated heterocycles. The van der Waals surface area contributed by atoms with Gasteiger partial charge < -0.3 is 14.6 Å². The zero-order valence-electron chi connectivity index (χ0n) is 11.1. The van der Waals surface area contributed by atoms with Crippen LogP contribution in [0.1, 0.15) is 32.1 Å². The molecule has 3 aliphatic rings. The summed E-state index contributed by atoms with van der Waals surface area (Å²) in [4.78, 5) is 0. The fourth-order valence-corrected chi connectivity index (χ4v) is 5.71. The van der Waals surface area contributed by atoms with Crippen LogP contribution in [-0.4, -0.2) is 56.1 Å². The highest BCUT2D eigenvalue weighted by Crippen LogP contribution is 2.44. The van der Waals surface area contributed by atoms with Crippen LogP contribution in [0.5, 0.6) is 0 Å². The molecule has 0 amide bonds. The third-order valence-corrected chi connectivity index (χ3v) is 6.74. The summed E-state index contributed by atoms with van der Waals surface area (Å²) in [6, 6.07) is 0. The minimum Gasteiger partial charge on any atom is -0.389 e. The molecule has 110 valence electrons. The summed E-state index contributed by atoms with van der Waals surface area (Å²) in [5, 5.41) is 10.7. The minimum absolute atomic E-state index is 0.0385. The molecule has 0 aromatic rings. The molecule has 2 atom stereocenters. The van der Waals surface area contributed by atoms with Gasteiger partial charge >= 0.3 is 0 Å². The molecule has 1 spiro atoms. The molecule has 3 heterocycles. The zero-order chi connectivity index (χ0) is 13.6. The average molecular weight is 290 g/mol. The van der Waals surface area contributed by atoms with Crippen LogP contribution >= 0.6 is 0 Å². The highest BCUT2D eigenvalue weighted by atomic mass is 32.2. The lowest BCUT2D eigenvalue weighted by Gasteiger charge is -2.46. The molecule has 1 N–H and O–H groups in total. The van der Waals surface area contributed by atoms with Crippen molar-refractivity contribution in [2.75, 3.05) is 31.3 Å². The first-order valence-corrected chi connectivity index (χ1v) is 8.90. The quantitative estimate of drug-likeness (QED) is 0.762. The van der Waals surface area contributed by atoms with Crippen molar-refractivity contribution in [3.8, 4) is 0 Å². The molecule has 19 heavy (non-hydrogen) atoms. The van der Waals surface area contributed by atoms with Gasteiger partial charge in [0.2, 0.25) is 0 Å². The molecule has 5 nitrogen and oxygen atoms in total. The van der Waals surface area contributed by atoms with E-state index in [1.807, 2.05) is 0 Å². The number of hydrogen-bond acceptors (Lipinski definition) is 5. The number of aliphatic hydroxyl groups is 1. The standard InChI is InChI=1S/C13H22O5S/c14-13(4-8-19(15,16)10-13)11-1-5-18-12(9-11)2-6-17-7-3-12/h11,14H,1-10H2. The van der Waals surface area contributed by atoms with Crippen molar-refractivity contribution in [3.63, 3.8) is 0 Å². The van der Waals surface area contributed by atoms with E-state index in [4.69, 9.17) is 9.47 Å². The molecule has 2 unspecified atom stereocenters. The molecule has 0 aromatic carbocycles. The van der Waals surface area contributed by atoms with Gasteiger partial charge in [-0.25, -0.2) is 8.42 Å². The van der Waals surface area contributed by atoms with Crippen molar-refractivity contribution in [1.82, 2.24) is 0 Å². The van der Waals surface area contributed by atoms with E-state index >= 15 is 0 Å². The van der Waals surface area contributed by atoms with Crippen LogP contribution < -0.4 is 0 Å². The van der Waals surface area contributed by atoms with E-state index in [0.717, 1.165) is 25.7 Å². The Balaban J connectivity index is 1.75. The molecule has 3 aliphatic heterocycles. The Morgan fingerprint density at radius 3 is 2.47 bits per heavy atom. The van der Waals surface area contributed by atoms with Gasteiger partial charge in [0.1, 0.15) is 0 Å². The monoisotopic (exact) mass is 290 g/mol. The van der Waals surface area contributed by atoms with Gasteiger partial charge in [0, 0.05) is 19.8 Å². The molecule has 3 rings (SSSR count). The summed E-state index contributed by atoms with van der Waals surface area (Å²) < 4.78 is 34.6. The highest BCUT2D eigenvalue weighted by molar-refractivity contribution is 7.91. The molecule has 0 aliphatic carbocycles. The van der Waals surface area contributed by atoms with Gasteiger partial charge in [-0.3, -0.25) is 0 Å². The molecule has 0 saturated carbocycles. The molecule has 0 bridgehead atoms. The smallest absolute Gasteiger partial charge is 0.153 e. The Bertz CT molecular complexity index is 434. The van der Waals surface area contributed by atoms with Crippen LogP contribution in [0.15, 0.2) is 0 Å². The summed E-state index contributed by atoms with van der Waals surface area (Å²) in [5.74, 6) is 0.0884. The Morgan fingerprint density at radius 2 is 1.84 bits per heavy atom. The number of rotatable bonds is 1. The van der Waals surface area contributed by atoms with E-state index in [9.17, 15) is 13.5 Å². The maximum absolute atomic E-state index is 11.6. The van der Waals surface area contributed by atoms with Crippen molar-refractivity contribution >= 4 is 9.84 Å². The van der Waals surface area contributed by atoms with Crippen molar-refractivity contribution in [3.05, 3.63) is 0 Å². The van der Waals surface area contributed by atoms with Crippen LogP contribution in [0.4, 0.5) is 0 Å². The molecule has 0 aromatic heterocycles. The van der Waals surface area contributed by atoms with Gasteiger partial charge in [0.15, 0.2) is 9.84 Å². The second-order valence-corrected chi connectivity index (χ2v) is 8.46. The highest BCUT2D eigenvalue weighted by Gasteiger charge is 2.51. The fraction of sp³-hybridized carbons (Fsp3) is 1.00. The Labute approximate surface area is 114 Å². The van der Waals surface area contributed by atoms with Crippen molar-refractivity contribution in [1.29, 1.82) is 0 Å². The van der Waals surface area contributed by atoms with Crippen molar-refractivity contribution in [2.24, 2.45) is 5.92 Å². The average Bonchev–Trinajstić information content (AvgIpc) is 2.66. The van der Waals surface area contributed by atoms with Gasteiger partial charge in [-0.2, -0.15) is 0 Å². The number of sulfone groups is 1. The lowest BCUT2D eigenvalue weighted by molar-refractivity contribution is -0.171. The van der Waals surface area contributed by atoms with Crippen LogP contribution in [0, 0.1) is 5.92 Å². The van der Waals surface area contributed by atoms with Gasteiger partial charge in [0.25, 0.3) is 0 Å². The van der Waals surface area contributed by atoms with Gasteiger partial charge in [-0.1, -0.05) is 0 Å². The Morgan fingerprint density at radius 1 is 1.11 bits per heavy atom. The molecular weight excluding hydrogens is 268 g/mol. The molecule has 6 heteroatoms. The summed E-state index contributed by atoms with van der Waals surface area (Å²) in [5.41, 5.74) is -1.23. The summed E-state index contributed by atoms with van der Waals surface area (Å²) >= 11 is 0. The summed E-state index contributed by atoms with van der Waals surface area (Å²) in [6.45, 7) is 2.01. The SMILES string of the molecule is O=S1(=O)CCC(O)(C2CCOC3(CCOCC3)C2)C1. The van der Waals surface area contributed by atoms with Gasteiger partial charge in [-0.15, -0.1) is 0 Å². The lowest BCUT2D eigenvalue weighted by atomic mass is 9.73. The number of hydrogen-bond donors (Lipinski definition) is 1. The largest absolute Gasteiger partial charge is 0.389 e. The van der Waals surface area contributed by atoms with E-state index < -0.39 is 15.4 Å². The zero-order valence-corrected chi connectivity index (χ0v) is 12.0. The minimum atomic E-state index is -3.06. The van der Waals surface area contributed by atoms with E-state index in [1.165, 1.54) is 0 Å². The van der Waals surface area contributed by atoms with E-state index in [2.05, 4.69) is 0 Å². The first-order chi connectivity index (χ1) is 8.93. The van der Waals surface area contributed by atoms with E-state index in [1.54, 1.807) is 0 Å². The topological polar surface area (TPSA) is 72.8 Å².